The number of nitrogens with zero attached hydrogens (tertiary/aromatic N) is 1. The van der Waals surface area contributed by atoms with Gasteiger partial charge < -0.3 is 4.90 Å². The molecule has 0 N–H and O–H groups in total. The van der Waals surface area contributed by atoms with Gasteiger partial charge in [0.25, 0.3) is 0 Å². The van der Waals surface area contributed by atoms with Crippen LogP contribution in [0.1, 0.15) is 31.4 Å². The van der Waals surface area contributed by atoms with Gasteiger partial charge in [-0.15, -0.1) is 0 Å². The van der Waals surface area contributed by atoms with Crippen LogP contribution in [0.15, 0.2) is 12.1 Å². The van der Waals surface area contributed by atoms with Crippen molar-refractivity contribution >= 4 is 28.3 Å². The molecule has 0 spiro atoms. The Hall–Kier alpha value is -0.250. The molecule has 0 aliphatic carbocycles. The topological polar surface area (TPSA) is 3.24 Å². The van der Waals surface area contributed by atoms with E-state index in [9.17, 15) is 0 Å². The number of aryl methyl sites for hydroxylation is 1. The Morgan fingerprint density at radius 3 is 2.67 bits per heavy atom. The molecule has 0 unspecified atom stereocenters. The van der Waals surface area contributed by atoms with Crippen LogP contribution < -0.4 is 4.90 Å². The predicted molar refractivity (Wildman–Crippen MR) is 74.8 cm³/mol. The van der Waals surface area contributed by atoms with Gasteiger partial charge in [-0.05, 0) is 64.6 Å². The van der Waals surface area contributed by atoms with Crippen LogP contribution in [0.4, 0.5) is 5.69 Å². The third-order valence-electron chi connectivity index (χ3n) is 3.45. The molecule has 0 aromatic heterocycles. The fourth-order valence-electron chi connectivity index (χ4n) is 2.45. The van der Waals surface area contributed by atoms with Crippen molar-refractivity contribution in [2.45, 2.75) is 32.6 Å². The summed E-state index contributed by atoms with van der Waals surface area (Å²) in [6.07, 6.45) is 1.25. The lowest BCUT2D eigenvalue weighted by molar-refractivity contribution is 0.461. The van der Waals surface area contributed by atoms with Gasteiger partial charge in [-0.2, -0.15) is 0 Å². The van der Waals surface area contributed by atoms with E-state index in [1.54, 1.807) is 0 Å². The fraction of sp³-hybridized carbons (Fsp3) is 0.538. The summed E-state index contributed by atoms with van der Waals surface area (Å²) >= 11 is 2.42. The van der Waals surface area contributed by atoms with Crippen molar-refractivity contribution in [3.05, 3.63) is 26.8 Å². The molecule has 1 aromatic carbocycles. The molecule has 0 bridgehead atoms. The van der Waals surface area contributed by atoms with E-state index in [4.69, 9.17) is 0 Å². The summed E-state index contributed by atoms with van der Waals surface area (Å²) in [6, 6.07) is 4.62. The zero-order chi connectivity index (χ0) is 11.2. The minimum Gasteiger partial charge on any atom is -0.374 e. The highest BCUT2D eigenvalue weighted by Gasteiger charge is 2.30. The second-order valence-corrected chi connectivity index (χ2v) is 6.42. The molecule has 82 valence electrons. The molecular formula is C13H18IN. The third kappa shape index (κ3) is 1.88. The quantitative estimate of drug-likeness (QED) is 0.660. The molecule has 15 heavy (non-hydrogen) atoms. The Balaban J connectivity index is 2.67. The molecule has 2 rings (SSSR count). The SMILES string of the molecule is Cc1cc(I)cc2c1N(C)CCC2(C)C. The largest absolute Gasteiger partial charge is 0.374 e. The van der Waals surface area contributed by atoms with E-state index in [2.05, 4.69) is 67.4 Å². The molecule has 0 amide bonds. The van der Waals surface area contributed by atoms with Crippen molar-refractivity contribution in [3.8, 4) is 0 Å². The Morgan fingerprint density at radius 1 is 1.33 bits per heavy atom. The number of rotatable bonds is 0. The van der Waals surface area contributed by atoms with Gasteiger partial charge in [0.15, 0.2) is 0 Å². The van der Waals surface area contributed by atoms with Crippen LogP contribution in [0.5, 0.6) is 0 Å². The van der Waals surface area contributed by atoms with E-state index >= 15 is 0 Å². The number of halogens is 1. The summed E-state index contributed by atoms with van der Waals surface area (Å²) in [5.41, 5.74) is 4.70. The first-order valence-corrected chi connectivity index (χ1v) is 6.51. The standard InChI is InChI=1S/C13H18IN/c1-9-7-10(14)8-11-12(9)15(4)6-5-13(11,2)3/h7-8H,5-6H2,1-4H3. The Morgan fingerprint density at radius 2 is 2.00 bits per heavy atom. The van der Waals surface area contributed by atoms with Crippen LogP contribution in [-0.4, -0.2) is 13.6 Å². The molecule has 0 saturated carbocycles. The lowest BCUT2D eigenvalue weighted by atomic mass is 9.77. The summed E-state index contributed by atoms with van der Waals surface area (Å²) in [7, 11) is 2.20. The van der Waals surface area contributed by atoms with Gasteiger partial charge in [-0.25, -0.2) is 0 Å². The van der Waals surface area contributed by atoms with Crippen LogP contribution in [0.2, 0.25) is 0 Å². The first-order chi connectivity index (χ1) is 6.92. The average molecular weight is 315 g/mol. The second kappa shape index (κ2) is 3.65. The first-order valence-electron chi connectivity index (χ1n) is 5.43. The minimum atomic E-state index is 0.327. The Bertz CT molecular complexity index is 396. The fourth-order valence-corrected chi connectivity index (χ4v) is 3.23. The molecule has 1 aliphatic rings. The molecule has 1 aromatic rings. The van der Waals surface area contributed by atoms with Gasteiger partial charge in [-0.3, -0.25) is 0 Å². The maximum Gasteiger partial charge on any atom is 0.0432 e. The number of hydrogen-bond acceptors (Lipinski definition) is 1. The average Bonchev–Trinajstić information content (AvgIpc) is 2.11. The highest BCUT2D eigenvalue weighted by atomic mass is 127. The Labute approximate surface area is 106 Å². The maximum absolute atomic E-state index is 2.42. The van der Waals surface area contributed by atoms with Gasteiger partial charge in [-0.1, -0.05) is 13.8 Å². The van der Waals surface area contributed by atoms with E-state index in [1.165, 1.54) is 33.4 Å². The minimum absolute atomic E-state index is 0.327. The summed E-state index contributed by atoms with van der Waals surface area (Å²) < 4.78 is 1.35. The number of hydrogen-bond donors (Lipinski definition) is 0. The predicted octanol–water partition coefficient (Wildman–Crippen LogP) is 3.72. The first kappa shape index (κ1) is 11.2. The van der Waals surface area contributed by atoms with E-state index in [1.807, 2.05) is 0 Å². The van der Waals surface area contributed by atoms with Crippen molar-refractivity contribution in [2.75, 3.05) is 18.5 Å². The highest BCUT2D eigenvalue weighted by Crippen LogP contribution is 2.41. The smallest absolute Gasteiger partial charge is 0.0432 e. The molecule has 1 nitrogen and oxygen atoms in total. The van der Waals surface area contributed by atoms with E-state index in [-0.39, 0.29) is 0 Å². The zero-order valence-electron chi connectivity index (χ0n) is 9.89. The second-order valence-electron chi connectivity index (χ2n) is 5.17. The number of fused-ring (bicyclic) bond motifs is 1. The third-order valence-corrected chi connectivity index (χ3v) is 4.07. The Kier molecular flexibility index (Phi) is 2.73. The van der Waals surface area contributed by atoms with Crippen molar-refractivity contribution in [2.24, 2.45) is 0 Å². The molecule has 1 aliphatic heterocycles. The van der Waals surface area contributed by atoms with Crippen LogP contribution in [-0.2, 0) is 5.41 Å². The maximum atomic E-state index is 2.42. The van der Waals surface area contributed by atoms with Crippen molar-refractivity contribution < 1.29 is 0 Å². The molecule has 0 saturated heterocycles. The monoisotopic (exact) mass is 315 g/mol. The van der Waals surface area contributed by atoms with E-state index in [0.717, 1.165) is 0 Å². The lowest BCUT2D eigenvalue weighted by Gasteiger charge is -2.39. The van der Waals surface area contributed by atoms with Crippen LogP contribution in [0, 0.1) is 10.5 Å². The molecule has 0 atom stereocenters. The van der Waals surface area contributed by atoms with E-state index in [0.29, 0.717) is 5.41 Å². The van der Waals surface area contributed by atoms with Crippen molar-refractivity contribution in [1.82, 2.24) is 0 Å². The molecule has 0 fully saturated rings. The lowest BCUT2D eigenvalue weighted by Crippen LogP contribution is -2.35. The van der Waals surface area contributed by atoms with Crippen LogP contribution in [0.25, 0.3) is 0 Å². The summed E-state index contributed by atoms with van der Waals surface area (Å²) in [4.78, 5) is 2.39. The van der Waals surface area contributed by atoms with Crippen LogP contribution >= 0.6 is 22.6 Å². The summed E-state index contributed by atoms with van der Waals surface area (Å²) in [5, 5.41) is 0. The van der Waals surface area contributed by atoms with Gasteiger partial charge in [0, 0.05) is 22.8 Å². The van der Waals surface area contributed by atoms with Gasteiger partial charge in [0.05, 0.1) is 0 Å². The van der Waals surface area contributed by atoms with Crippen LogP contribution in [0.3, 0.4) is 0 Å². The van der Waals surface area contributed by atoms with Gasteiger partial charge in [0.1, 0.15) is 0 Å². The molecule has 2 heteroatoms. The number of anilines is 1. The summed E-state index contributed by atoms with van der Waals surface area (Å²) in [5.74, 6) is 0. The van der Waals surface area contributed by atoms with Gasteiger partial charge >= 0.3 is 0 Å². The summed E-state index contributed by atoms with van der Waals surface area (Å²) in [6.45, 7) is 8.10. The molecule has 0 radical (unpaired) electrons. The van der Waals surface area contributed by atoms with E-state index < -0.39 is 0 Å². The highest BCUT2D eigenvalue weighted by molar-refractivity contribution is 14.1. The molecular weight excluding hydrogens is 297 g/mol. The normalized spacial score (nSPS) is 18.9. The molecule has 1 heterocycles. The van der Waals surface area contributed by atoms with Gasteiger partial charge in [0.2, 0.25) is 0 Å². The van der Waals surface area contributed by atoms with Crippen molar-refractivity contribution in [1.29, 1.82) is 0 Å². The van der Waals surface area contributed by atoms with Crippen molar-refractivity contribution in [3.63, 3.8) is 0 Å². The number of benzene rings is 1. The zero-order valence-corrected chi connectivity index (χ0v) is 12.1.